The molecule has 0 atom stereocenters. The summed E-state index contributed by atoms with van der Waals surface area (Å²) < 4.78 is 0. The van der Waals surface area contributed by atoms with Crippen molar-refractivity contribution in [1.82, 2.24) is 9.80 Å². The van der Waals surface area contributed by atoms with Gasteiger partial charge in [-0.1, -0.05) is 26.0 Å². The van der Waals surface area contributed by atoms with Crippen LogP contribution < -0.4 is 4.90 Å². The predicted octanol–water partition coefficient (Wildman–Crippen LogP) is 2.83. The normalized spacial score (nSPS) is 24.3. The summed E-state index contributed by atoms with van der Waals surface area (Å²) in [5, 5.41) is 0. The van der Waals surface area contributed by atoms with Crippen molar-refractivity contribution in [3.05, 3.63) is 24.3 Å². The number of anilines is 1. The molecule has 22 heavy (non-hydrogen) atoms. The number of piperazine rings is 1. The Kier molecular flexibility index (Phi) is 4.13. The van der Waals surface area contributed by atoms with Crippen molar-refractivity contribution in [1.29, 1.82) is 0 Å². The van der Waals surface area contributed by atoms with Gasteiger partial charge >= 0.3 is 0 Å². The lowest BCUT2D eigenvalue weighted by molar-refractivity contribution is 0.313. The molecular weight excluding hydrogens is 272 g/mol. The maximum Gasteiger partial charge on any atom is 0.110 e. The number of para-hydroxylation sites is 2. The maximum absolute atomic E-state index is 5.07. The van der Waals surface area contributed by atoms with Gasteiger partial charge in [-0.3, -0.25) is 0 Å². The molecule has 0 aromatic heterocycles. The number of likely N-dealkylation sites (tertiary alicyclic amines) is 1. The third kappa shape index (κ3) is 2.98. The molecule has 0 saturated carbocycles. The monoisotopic (exact) mass is 300 g/mol. The maximum atomic E-state index is 5.07. The lowest BCUT2D eigenvalue weighted by atomic mass is 9.91. The number of hydrogen-bond acceptors (Lipinski definition) is 3. The fourth-order valence-electron chi connectivity index (χ4n) is 3.41. The molecule has 2 aliphatic rings. The fourth-order valence-corrected chi connectivity index (χ4v) is 3.41. The van der Waals surface area contributed by atoms with Crippen LogP contribution in [0.15, 0.2) is 29.3 Å². The van der Waals surface area contributed by atoms with Crippen molar-refractivity contribution in [3.63, 3.8) is 0 Å². The van der Waals surface area contributed by atoms with Crippen LogP contribution in [0.25, 0.3) is 0 Å². The molecule has 0 aliphatic carbocycles. The van der Waals surface area contributed by atoms with Gasteiger partial charge in [0.15, 0.2) is 0 Å². The quantitative estimate of drug-likeness (QED) is 0.838. The molecule has 1 aromatic carbocycles. The number of hydrogen-bond donors (Lipinski definition) is 0. The lowest BCUT2D eigenvalue weighted by Gasteiger charge is -2.34. The van der Waals surface area contributed by atoms with Crippen LogP contribution in [0.1, 0.15) is 20.3 Å². The molecule has 0 bridgehead atoms. The van der Waals surface area contributed by atoms with E-state index in [2.05, 4.69) is 66.9 Å². The van der Waals surface area contributed by atoms with Crippen LogP contribution in [0.3, 0.4) is 0 Å². The molecular formula is C18H28N4. The smallest absolute Gasteiger partial charge is 0.110 e. The Balaban J connectivity index is 1.92. The van der Waals surface area contributed by atoms with Crippen LogP contribution in [-0.2, 0) is 0 Å². The van der Waals surface area contributed by atoms with Crippen molar-refractivity contribution >= 4 is 17.2 Å². The summed E-state index contributed by atoms with van der Waals surface area (Å²) in [5.74, 6) is 1.22. The van der Waals surface area contributed by atoms with Gasteiger partial charge < -0.3 is 14.7 Å². The van der Waals surface area contributed by atoms with Crippen LogP contribution in [-0.4, -0.2) is 62.5 Å². The van der Waals surface area contributed by atoms with E-state index >= 15 is 0 Å². The Hall–Kier alpha value is -1.55. The minimum atomic E-state index is 0.171. The Morgan fingerprint density at radius 3 is 2.27 bits per heavy atom. The molecule has 2 saturated heterocycles. The van der Waals surface area contributed by atoms with E-state index in [9.17, 15) is 0 Å². The van der Waals surface area contributed by atoms with Crippen molar-refractivity contribution in [2.75, 3.05) is 51.7 Å². The minimum absolute atomic E-state index is 0.171. The third-order valence-electron chi connectivity index (χ3n) is 4.99. The Morgan fingerprint density at radius 1 is 0.955 bits per heavy atom. The average molecular weight is 300 g/mol. The molecule has 2 heterocycles. The average Bonchev–Trinajstić information content (AvgIpc) is 2.76. The minimum Gasteiger partial charge on any atom is -0.367 e. The first-order chi connectivity index (χ1) is 10.5. The topological polar surface area (TPSA) is 22.1 Å². The number of nitrogens with zero attached hydrogens (tertiary/aromatic N) is 4. The molecule has 0 unspecified atom stereocenters. The van der Waals surface area contributed by atoms with E-state index in [0.29, 0.717) is 0 Å². The summed E-state index contributed by atoms with van der Waals surface area (Å²) in [4.78, 5) is 12.2. The van der Waals surface area contributed by atoms with Crippen LogP contribution in [0.2, 0.25) is 0 Å². The first-order valence-electron chi connectivity index (χ1n) is 8.30. The van der Waals surface area contributed by atoms with Gasteiger partial charge in [0.05, 0.1) is 11.4 Å². The van der Waals surface area contributed by atoms with E-state index in [1.807, 2.05) is 0 Å². The van der Waals surface area contributed by atoms with Gasteiger partial charge in [-0.05, 0) is 25.6 Å². The zero-order valence-corrected chi connectivity index (χ0v) is 14.3. The fraction of sp³-hybridized carbons (Fsp3) is 0.611. The number of likely N-dealkylation sites (N-methyl/N-ethyl adjacent to an activating group) is 1. The Morgan fingerprint density at radius 2 is 1.64 bits per heavy atom. The van der Waals surface area contributed by atoms with Crippen molar-refractivity contribution in [2.45, 2.75) is 20.3 Å². The Labute approximate surface area is 134 Å². The summed E-state index contributed by atoms with van der Waals surface area (Å²) in [7, 11) is 4.35. The first kappa shape index (κ1) is 15.3. The van der Waals surface area contributed by atoms with Gasteiger partial charge in [0.1, 0.15) is 5.84 Å². The second-order valence-electron chi connectivity index (χ2n) is 7.27. The van der Waals surface area contributed by atoms with E-state index in [-0.39, 0.29) is 5.41 Å². The summed E-state index contributed by atoms with van der Waals surface area (Å²) in [6.07, 6.45) is 1.18. The molecule has 0 N–H and O–H groups in total. The highest BCUT2D eigenvalue weighted by atomic mass is 15.3. The molecule has 1 aromatic rings. The SMILES string of the molecule is CN1CCN(c2ccccc2/N=C2/N(C)CCC2(C)C)CC1. The van der Waals surface area contributed by atoms with Crippen molar-refractivity contribution < 1.29 is 0 Å². The predicted molar refractivity (Wildman–Crippen MR) is 94.3 cm³/mol. The highest BCUT2D eigenvalue weighted by Crippen LogP contribution is 2.36. The second kappa shape index (κ2) is 5.92. The van der Waals surface area contributed by atoms with Crippen LogP contribution >= 0.6 is 0 Å². The molecule has 4 heteroatoms. The summed E-state index contributed by atoms with van der Waals surface area (Å²) in [6.45, 7) is 10.1. The van der Waals surface area contributed by atoms with Crippen LogP contribution in [0, 0.1) is 5.41 Å². The van der Waals surface area contributed by atoms with Gasteiger partial charge in [0, 0.05) is 45.2 Å². The molecule has 120 valence electrons. The third-order valence-corrected chi connectivity index (χ3v) is 4.99. The molecule has 4 nitrogen and oxygen atoms in total. The van der Waals surface area contributed by atoms with Gasteiger partial charge in [-0.15, -0.1) is 0 Å². The van der Waals surface area contributed by atoms with Gasteiger partial charge in [0.2, 0.25) is 0 Å². The summed E-state index contributed by atoms with van der Waals surface area (Å²) in [5.41, 5.74) is 2.56. The number of amidine groups is 1. The number of benzene rings is 1. The summed E-state index contributed by atoms with van der Waals surface area (Å²) >= 11 is 0. The van der Waals surface area contributed by atoms with E-state index in [4.69, 9.17) is 4.99 Å². The lowest BCUT2D eigenvalue weighted by Crippen LogP contribution is -2.44. The molecule has 3 rings (SSSR count). The van der Waals surface area contributed by atoms with E-state index in [0.717, 1.165) is 38.4 Å². The van der Waals surface area contributed by atoms with E-state index < -0.39 is 0 Å². The largest absolute Gasteiger partial charge is 0.367 e. The van der Waals surface area contributed by atoms with Gasteiger partial charge in [0.25, 0.3) is 0 Å². The number of rotatable bonds is 2. The highest BCUT2D eigenvalue weighted by Gasteiger charge is 2.34. The van der Waals surface area contributed by atoms with E-state index in [1.165, 1.54) is 17.9 Å². The summed E-state index contributed by atoms with van der Waals surface area (Å²) in [6, 6.07) is 8.59. The van der Waals surface area contributed by atoms with Gasteiger partial charge in [-0.2, -0.15) is 0 Å². The van der Waals surface area contributed by atoms with Gasteiger partial charge in [-0.25, -0.2) is 4.99 Å². The molecule has 2 fully saturated rings. The number of aliphatic imine (C=N–C) groups is 1. The molecule has 0 radical (unpaired) electrons. The van der Waals surface area contributed by atoms with Crippen LogP contribution in [0.4, 0.5) is 11.4 Å². The zero-order valence-electron chi connectivity index (χ0n) is 14.3. The molecule has 0 spiro atoms. The Bertz CT molecular complexity index is 556. The van der Waals surface area contributed by atoms with E-state index in [1.54, 1.807) is 0 Å². The zero-order chi connectivity index (χ0) is 15.7. The molecule has 2 aliphatic heterocycles. The standard InChI is InChI=1S/C18H28N4/c1-18(2)9-10-21(4)17(18)19-15-7-5-6-8-16(15)22-13-11-20(3)12-14-22/h5-8H,9-14H2,1-4H3/b19-17+. The first-order valence-corrected chi connectivity index (χ1v) is 8.30. The second-order valence-corrected chi connectivity index (χ2v) is 7.27. The molecule has 0 amide bonds. The van der Waals surface area contributed by atoms with Crippen molar-refractivity contribution in [2.24, 2.45) is 10.4 Å². The highest BCUT2D eigenvalue weighted by molar-refractivity contribution is 5.92. The van der Waals surface area contributed by atoms with Crippen molar-refractivity contribution in [3.8, 4) is 0 Å². The van der Waals surface area contributed by atoms with Crippen LogP contribution in [0.5, 0.6) is 0 Å².